The average molecular weight is 291 g/mol. The van der Waals surface area contributed by atoms with E-state index in [1.807, 2.05) is 18.2 Å². The number of benzene rings is 1. The molecule has 0 saturated heterocycles. The van der Waals surface area contributed by atoms with Crippen molar-refractivity contribution in [3.8, 4) is 0 Å². The Morgan fingerprint density at radius 3 is 2.67 bits per heavy atom. The molecule has 1 nitrogen and oxygen atoms in total. The van der Waals surface area contributed by atoms with Gasteiger partial charge in [0.05, 0.1) is 0 Å². The van der Waals surface area contributed by atoms with Gasteiger partial charge in [-0.05, 0) is 23.8 Å². The Morgan fingerprint density at radius 2 is 2.08 bits per heavy atom. The monoisotopic (exact) mass is 289 g/mol. The second-order valence-electron chi connectivity index (χ2n) is 2.43. The van der Waals surface area contributed by atoms with Gasteiger partial charge in [-0.2, -0.15) is 0 Å². The van der Waals surface area contributed by atoms with Crippen LogP contribution in [0.4, 0.5) is 0 Å². The molecule has 3 heteroatoms. The van der Waals surface area contributed by atoms with E-state index in [0.717, 1.165) is 14.5 Å². The molecular formula is C9H9Br2N. The molecule has 0 unspecified atom stereocenters. The van der Waals surface area contributed by atoms with Gasteiger partial charge in [0.25, 0.3) is 0 Å². The van der Waals surface area contributed by atoms with E-state index >= 15 is 0 Å². The van der Waals surface area contributed by atoms with Crippen LogP contribution in [0.25, 0.3) is 0 Å². The maximum Gasteiger partial charge on any atom is 0.0490 e. The molecule has 0 bridgehead atoms. The maximum absolute atomic E-state index is 5.80. The third kappa shape index (κ3) is 2.19. The highest BCUT2D eigenvalue weighted by molar-refractivity contribution is 9.11. The molecule has 0 radical (unpaired) electrons. The van der Waals surface area contributed by atoms with Crippen LogP contribution in [0.1, 0.15) is 11.6 Å². The van der Waals surface area contributed by atoms with Gasteiger partial charge < -0.3 is 5.73 Å². The van der Waals surface area contributed by atoms with Crippen LogP contribution in [0, 0.1) is 0 Å². The number of hydrogen-bond acceptors (Lipinski definition) is 1. The van der Waals surface area contributed by atoms with E-state index in [2.05, 4.69) is 38.4 Å². The van der Waals surface area contributed by atoms with Gasteiger partial charge in [-0.3, -0.25) is 0 Å². The van der Waals surface area contributed by atoms with E-state index in [0.29, 0.717) is 0 Å². The fraction of sp³-hybridized carbons (Fsp3) is 0.111. The first-order valence-corrected chi connectivity index (χ1v) is 5.07. The van der Waals surface area contributed by atoms with E-state index in [1.54, 1.807) is 6.08 Å². The summed E-state index contributed by atoms with van der Waals surface area (Å²) in [4.78, 5) is 0. The lowest BCUT2D eigenvalue weighted by Crippen LogP contribution is -2.06. The van der Waals surface area contributed by atoms with Gasteiger partial charge in [0.1, 0.15) is 0 Å². The molecule has 1 atom stereocenters. The van der Waals surface area contributed by atoms with Crippen molar-refractivity contribution in [2.24, 2.45) is 5.73 Å². The number of nitrogens with two attached hydrogens (primary N) is 1. The lowest BCUT2D eigenvalue weighted by molar-refractivity contribution is 0.907. The zero-order valence-electron chi connectivity index (χ0n) is 6.43. The fourth-order valence-corrected chi connectivity index (χ4v) is 1.79. The molecule has 0 heterocycles. The summed E-state index contributed by atoms with van der Waals surface area (Å²) in [5.74, 6) is 0. The van der Waals surface area contributed by atoms with E-state index < -0.39 is 0 Å². The van der Waals surface area contributed by atoms with Crippen LogP contribution in [0.2, 0.25) is 0 Å². The van der Waals surface area contributed by atoms with Crippen molar-refractivity contribution >= 4 is 31.9 Å². The highest BCUT2D eigenvalue weighted by Gasteiger charge is 2.05. The first kappa shape index (κ1) is 9.96. The summed E-state index contributed by atoms with van der Waals surface area (Å²) in [5, 5.41) is 0. The minimum absolute atomic E-state index is 0.114. The highest BCUT2D eigenvalue weighted by Crippen LogP contribution is 2.25. The summed E-state index contributed by atoms with van der Waals surface area (Å²) in [6.45, 7) is 3.65. The first-order chi connectivity index (χ1) is 5.65. The zero-order chi connectivity index (χ0) is 9.14. The maximum atomic E-state index is 5.80. The first-order valence-electron chi connectivity index (χ1n) is 3.48. The van der Waals surface area contributed by atoms with Crippen LogP contribution >= 0.6 is 31.9 Å². The lowest BCUT2D eigenvalue weighted by Gasteiger charge is -2.09. The average Bonchev–Trinajstić information content (AvgIpc) is 2.08. The Morgan fingerprint density at radius 1 is 1.42 bits per heavy atom. The number of halogens is 2. The van der Waals surface area contributed by atoms with Crippen molar-refractivity contribution in [3.05, 3.63) is 45.4 Å². The van der Waals surface area contributed by atoms with Crippen molar-refractivity contribution in [1.82, 2.24) is 0 Å². The summed E-state index contributed by atoms with van der Waals surface area (Å²) < 4.78 is 2.04. The third-order valence-electron chi connectivity index (χ3n) is 1.57. The molecule has 0 saturated carbocycles. The minimum Gasteiger partial charge on any atom is -0.321 e. The van der Waals surface area contributed by atoms with E-state index in [1.165, 1.54) is 0 Å². The molecule has 0 aliphatic carbocycles. The van der Waals surface area contributed by atoms with Gasteiger partial charge in [-0.1, -0.05) is 37.9 Å². The summed E-state index contributed by atoms with van der Waals surface area (Å²) in [6.07, 6.45) is 1.71. The molecule has 64 valence electrons. The molecule has 1 aromatic rings. The Kier molecular flexibility index (Phi) is 3.50. The molecular weight excluding hydrogens is 282 g/mol. The van der Waals surface area contributed by atoms with Crippen molar-refractivity contribution in [2.75, 3.05) is 0 Å². The van der Waals surface area contributed by atoms with Crippen LogP contribution in [0.5, 0.6) is 0 Å². The Hall–Kier alpha value is -0.120. The minimum atomic E-state index is -0.114. The quantitative estimate of drug-likeness (QED) is 0.830. The van der Waals surface area contributed by atoms with E-state index in [-0.39, 0.29) is 6.04 Å². The van der Waals surface area contributed by atoms with Gasteiger partial charge in [0.2, 0.25) is 0 Å². The fourth-order valence-electron chi connectivity index (χ4n) is 0.897. The summed E-state index contributed by atoms with van der Waals surface area (Å²) >= 11 is 6.81. The molecule has 1 rings (SSSR count). The molecule has 1 aromatic carbocycles. The Balaban J connectivity index is 3.12. The second-order valence-corrected chi connectivity index (χ2v) is 4.20. The van der Waals surface area contributed by atoms with Crippen molar-refractivity contribution in [3.63, 3.8) is 0 Å². The SMILES string of the molecule is C=C[C@@H](N)c1cc(Br)ccc1Br. The molecule has 2 N–H and O–H groups in total. The van der Waals surface area contributed by atoms with Crippen LogP contribution < -0.4 is 5.73 Å². The summed E-state index contributed by atoms with van der Waals surface area (Å²) in [6, 6.07) is 5.79. The van der Waals surface area contributed by atoms with Crippen LogP contribution in [-0.2, 0) is 0 Å². The molecule has 0 fully saturated rings. The van der Waals surface area contributed by atoms with E-state index in [4.69, 9.17) is 5.73 Å². The summed E-state index contributed by atoms with van der Waals surface area (Å²) in [7, 11) is 0. The van der Waals surface area contributed by atoms with E-state index in [9.17, 15) is 0 Å². The standard InChI is InChI=1S/C9H9Br2N/c1-2-9(12)7-5-6(10)3-4-8(7)11/h2-5,9H,1,12H2/t9-/m1/s1. The smallest absolute Gasteiger partial charge is 0.0490 e. The second kappa shape index (κ2) is 4.21. The van der Waals surface area contributed by atoms with Crippen LogP contribution in [0.15, 0.2) is 39.8 Å². The molecule has 0 aromatic heterocycles. The van der Waals surface area contributed by atoms with Gasteiger partial charge in [0, 0.05) is 15.0 Å². The molecule has 0 aliphatic rings. The normalized spacial score (nSPS) is 12.6. The summed E-state index contributed by atoms with van der Waals surface area (Å²) in [5.41, 5.74) is 6.84. The highest BCUT2D eigenvalue weighted by atomic mass is 79.9. The van der Waals surface area contributed by atoms with Gasteiger partial charge in [-0.15, -0.1) is 6.58 Å². The lowest BCUT2D eigenvalue weighted by atomic mass is 10.1. The molecule has 0 amide bonds. The molecule has 0 spiro atoms. The Labute approximate surface area is 88.9 Å². The largest absolute Gasteiger partial charge is 0.321 e. The van der Waals surface area contributed by atoms with Crippen molar-refractivity contribution < 1.29 is 0 Å². The van der Waals surface area contributed by atoms with Crippen LogP contribution in [0.3, 0.4) is 0 Å². The van der Waals surface area contributed by atoms with Crippen molar-refractivity contribution in [2.45, 2.75) is 6.04 Å². The van der Waals surface area contributed by atoms with Crippen molar-refractivity contribution in [1.29, 1.82) is 0 Å². The molecule has 0 aliphatic heterocycles. The molecule has 12 heavy (non-hydrogen) atoms. The van der Waals surface area contributed by atoms with Gasteiger partial charge in [-0.25, -0.2) is 0 Å². The predicted octanol–water partition coefficient (Wildman–Crippen LogP) is 3.40. The predicted molar refractivity (Wildman–Crippen MR) is 59.0 cm³/mol. The zero-order valence-corrected chi connectivity index (χ0v) is 9.60. The number of rotatable bonds is 2. The van der Waals surface area contributed by atoms with Gasteiger partial charge in [0.15, 0.2) is 0 Å². The van der Waals surface area contributed by atoms with Crippen LogP contribution in [-0.4, -0.2) is 0 Å². The van der Waals surface area contributed by atoms with Gasteiger partial charge >= 0.3 is 0 Å². The Bertz CT molecular complexity index is 297. The number of hydrogen-bond donors (Lipinski definition) is 1. The third-order valence-corrected chi connectivity index (χ3v) is 2.79. The topological polar surface area (TPSA) is 26.0 Å².